The zero-order chi connectivity index (χ0) is 22.7. The van der Waals surface area contributed by atoms with E-state index in [0.29, 0.717) is 31.9 Å². The van der Waals surface area contributed by atoms with Crippen molar-refractivity contribution >= 4 is 29.3 Å². The average molecular weight is 445 g/mol. The molecule has 4 amide bonds. The number of piperazine rings is 1. The van der Waals surface area contributed by atoms with E-state index in [1.807, 2.05) is 9.80 Å². The minimum atomic E-state index is -0.853. The Balaban J connectivity index is 1.33. The first-order valence-corrected chi connectivity index (χ1v) is 11.4. The van der Waals surface area contributed by atoms with Gasteiger partial charge < -0.3 is 15.1 Å². The highest BCUT2D eigenvalue weighted by molar-refractivity contribution is 6.03. The molecule has 1 unspecified atom stereocenters. The van der Waals surface area contributed by atoms with Gasteiger partial charge in [-0.25, -0.2) is 4.39 Å². The number of piperidine rings is 1. The van der Waals surface area contributed by atoms with Crippen LogP contribution in [0.15, 0.2) is 18.2 Å². The Labute approximate surface area is 186 Å². The van der Waals surface area contributed by atoms with Gasteiger partial charge in [0.2, 0.25) is 17.7 Å². The summed E-state index contributed by atoms with van der Waals surface area (Å²) in [5.74, 6) is -1.92. The van der Waals surface area contributed by atoms with Crippen molar-refractivity contribution in [1.29, 1.82) is 0 Å². The summed E-state index contributed by atoms with van der Waals surface area (Å²) in [6.45, 7) is 2.43. The molecule has 8 nitrogen and oxygen atoms in total. The van der Waals surface area contributed by atoms with E-state index >= 15 is 0 Å². The number of carbonyl (C=O) groups is 4. The summed E-state index contributed by atoms with van der Waals surface area (Å²) in [5, 5.41) is 4.66. The first-order valence-electron chi connectivity index (χ1n) is 11.4. The second kappa shape index (κ2) is 9.67. The van der Waals surface area contributed by atoms with Gasteiger partial charge in [0.25, 0.3) is 5.91 Å². The highest BCUT2D eigenvalue weighted by Crippen LogP contribution is 2.27. The number of nitrogens with zero attached hydrogens (tertiary/aromatic N) is 2. The molecule has 2 aliphatic heterocycles. The van der Waals surface area contributed by atoms with E-state index in [1.54, 1.807) is 6.07 Å². The summed E-state index contributed by atoms with van der Waals surface area (Å²) < 4.78 is 14.7. The molecule has 1 saturated carbocycles. The molecule has 2 saturated heterocycles. The van der Waals surface area contributed by atoms with E-state index in [2.05, 4.69) is 10.6 Å². The van der Waals surface area contributed by atoms with Crippen molar-refractivity contribution in [3.63, 3.8) is 0 Å². The van der Waals surface area contributed by atoms with Gasteiger partial charge >= 0.3 is 0 Å². The van der Waals surface area contributed by atoms with Gasteiger partial charge in [-0.1, -0.05) is 19.3 Å². The number of halogens is 1. The highest BCUT2D eigenvalue weighted by Gasteiger charge is 2.30. The van der Waals surface area contributed by atoms with E-state index in [4.69, 9.17) is 0 Å². The molecule has 0 aromatic heterocycles. The molecule has 3 fully saturated rings. The summed E-state index contributed by atoms with van der Waals surface area (Å²) >= 11 is 0. The lowest BCUT2D eigenvalue weighted by atomic mass is 9.88. The summed E-state index contributed by atoms with van der Waals surface area (Å²) in [6, 6.07) is 3.55. The lowest BCUT2D eigenvalue weighted by molar-refractivity contribution is -0.137. The van der Waals surface area contributed by atoms with Crippen LogP contribution in [-0.2, 0) is 14.4 Å². The molecule has 1 aliphatic carbocycles. The zero-order valence-electron chi connectivity index (χ0n) is 18.1. The number of carbonyl (C=O) groups excluding carboxylic acids is 4. The monoisotopic (exact) mass is 444 g/mol. The summed E-state index contributed by atoms with van der Waals surface area (Å²) in [7, 11) is 0. The van der Waals surface area contributed by atoms with E-state index in [0.717, 1.165) is 25.7 Å². The Bertz CT molecular complexity index is 907. The third kappa shape index (κ3) is 4.92. The summed E-state index contributed by atoms with van der Waals surface area (Å²) in [4.78, 5) is 52.1. The standard InChI is InChI=1S/C23H29FN4O4/c24-18-14-16(6-7-17(18)21(30)25-19-8-9-20(29)26-22(19)31)27-10-12-28(13-11-27)23(32)15-4-2-1-3-5-15/h6-7,14-15,19H,1-5,8-13H2,(H,25,30)(H,26,29,31). The van der Waals surface area contributed by atoms with Gasteiger partial charge in [0.15, 0.2) is 0 Å². The van der Waals surface area contributed by atoms with Gasteiger partial charge in [-0.05, 0) is 37.5 Å². The normalized spacial score (nSPS) is 22.5. The van der Waals surface area contributed by atoms with Crippen molar-refractivity contribution in [1.82, 2.24) is 15.5 Å². The Morgan fingerprint density at radius 1 is 1.00 bits per heavy atom. The summed E-state index contributed by atoms with van der Waals surface area (Å²) in [5.41, 5.74) is 0.509. The van der Waals surface area contributed by atoms with Gasteiger partial charge in [-0.15, -0.1) is 0 Å². The van der Waals surface area contributed by atoms with Crippen LogP contribution < -0.4 is 15.5 Å². The lowest BCUT2D eigenvalue weighted by Crippen LogP contribution is -2.52. The molecular formula is C23H29FN4O4. The predicted octanol–water partition coefficient (Wildman–Crippen LogP) is 1.59. The second-order valence-corrected chi connectivity index (χ2v) is 8.79. The molecule has 1 aromatic carbocycles. The number of nitrogens with one attached hydrogen (secondary N) is 2. The number of benzene rings is 1. The fourth-order valence-electron chi connectivity index (χ4n) is 4.74. The average Bonchev–Trinajstić information content (AvgIpc) is 2.81. The Hall–Kier alpha value is -2.97. The third-order valence-electron chi connectivity index (χ3n) is 6.65. The topological polar surface area (TPSA) is 98.8 Å². The quantitative estimate of drug-likeness (QED) is 0.688. The summed E-state index contributed by atoms with van der Waals surface area (Å²) in [6.07, 6.45) is 5.75. The van der Waals surface area contributed by atoms with Crippen LogP contribution in [0.3, 0.4) is 0 Å². The van der Waals surface area contributed by atoms with Crippen LogP contribution in [0.4, 0.5) is 10.1 Å². The minimum Gasteiger partial charge on any atom is -0.368 e. The predicted molar refractivity (Wildman–Crippen MR) is 115 cm³/mol. The fourth-order valence-corrected chi connectivity index (χ4v) is 4.74. The van der Waals surface area contributed by atoms with Crippen LogP contribution in [0.2, 0.25) is 0 Å². The Morgan fingerprint density at radius 2 is 1.72 bits per heavy atom. The molecule has 2 heterocycles. The maximum Gasteiger partial charge on any atom is 0.254 e. The molecular weight excluding hydrogens is 415 g/mol. The van der Waals surface area contributed by atoms with Crippen molar-refractivity contribution in [2.45, 2.75) is 51.0 Å². The van der Waals surface area contributed by atoms with Gasteiger partial charge in [0, 0.05) is 44.2 Å². The maximum atomic E-state index is 14.7. The van der Waals surface area contributed by atoms with Gasteiger partial charge in [-0.3, -0.25) is 24.5 Å². The van der Waals surface area contributed by atoms with E-state index < -0.39 is 23.7 Å². The maximum absolute atomic E-state index is 14.7. The first-order chi connectivity index (χ1) is 15.4. The van der Waals surface area contributed by atoms with E-state index in [1.165, 1.54) is 18.6 Å². The largest absolute Gasteiger partial charge is 0.368 e. The molecule has 0 bridgehead atoms. The number of rotatable bonds is 4. The molecule has 1 aromatic rings. The van der Waals surface area contributed by atoms with Crippen molar-refractivity contribution in [3.05, 3.63) is 29.6 Å². The number of imide groups is 1. The van der Waals surface area contributed by atoms with Gasteiger partial charge in [-0.2, -0.15) is 0 Å². The smallest absolute Gasteiger partial charge is 0.254 e. The van der Waals surface area contributed by atoms with Crippen LogP contribution in [0.5, 0.6) is 0 Å². The van der Waals surface area contributed by atoms with Crippen LogP contribution in [0.25, 0.3) is 0 Å². The first kappa shape index (κ1) is 22.2. The lowest BCUT2D eigenvalue weighted by Gasteiger charge is -2.38. The Morgan fingerprint density at radius 3 is 2.38 bits per heavy atom. The molecule has 0 spiro atoms. The number of hydrogen-bond donors (Lipinski definition) is 2. The van der Waals surface area contributed by atoms with Crippen LogP contribution in [0.1, 0.15) is 55.3 Å². The molecule has 2 N–H and O–H groups in total. The van der Waals surface area contributed by atoms with Crippen molar-refractivity contribution in [2.75, 3.05) is 31.1 Å². The molecule has 0 radical (unpaired) electrons. The molecule has 3 aliphatic rings. The van der Waals surface area contributed by atoms with Crippen molar-refractivity contribution in [2.24, 2.45) is 5.92 Å². The SMILES string of the molecule is O=C1CCC(NC(=O)c2ccc(N3CCN(C(=O)C4CCCCC4)CC3)cc2F)C(=O)N1. The number of amides is 4. The Kier molecular flexibility index (Phi) is 6.72. The van der Waals surface area contributed by atoms with Gasteiger partial charge in [0.05, 0.1) is 5.56 Å². The van der Waals surface area contributed by atoms with Gasteiger partial charge in [0.1, 0.15) is 11.9 Å². The molecule has 172 valence electrons. The van der Waals surface area contributed by atoms with Crippen LogP contribution >= 0.6 is 0 Å². The zero-order valence-corrected chi connectivity index (χ0v) is 18.1. The molecule has 9 heteroatoms. The second-order valence-electron chi connectivity index (χ2n) is 8.79. The third-order valence-corrected chi connectivity index (χ3v) is 6.65. The van der Waals surface area contributed by atoms with E-state index in [-0.39, 0.29) is 36.1 Å². The van der Waals surface area contributed by atoms with Crippen molar-refractivity contribution in [3.8, 4) is 0 Å². The van der Waals surface area contributed by atoms with Crippen LogP contribution in [0, 0.1) is 11.7 Å². The number of anilines is 1. The molecule has 32 heavy (non-hydrogen) atoms. The molecule has 1 atom stereocenters. The van der Waals surface area contributed by atoms with E-state index in [9.17, 15) is 23.6 Å². The fraction of sp³-hybridized carbons (Fsp3) is 0.565. The number of hydrogen-bond acceptors (Lipinski definition) is 5. The highest BCUT2D eigenvalue weighted by atomic mass is 19.1. The minimum absolute atomic E-state index is 0.132. The van der Waals surface area contributed by atoms with Crippen LogP contribution in [-0.4, -0.2) is 60.7 Å². The van der Waals surface area contributed by atoms with Crippen molar-refractivity contribution < 1.29 is 23.6 Å². The molecule has 4 rings (SSSR count).